The summed E-state index contributed by atoms with van der Waals surface area (Å²) in [5, 5.41) is 13.3. The molecular weight excluding hydrogens is 216 g/mol. The van der Waals surface area contributed by atoms with Gasteiger partial charge in [-0.25, -0.2) is 0 Å². The molecule has 0 spiro atoms. The molecule has 1 N–H and O–H groups in total. The maximum Gasteiger partial charge on any atom is 0.231 e. The van der Waals surface area contributed by atoms with Crippen molar-refractivity contribution >= 4 is 0 Å². The molecule has 2 aromatic rings. The number of rotatable bonds is 4. The van der Waals surface area contributed by atoms with Gasteiger partial charge in [0.05, 0.1) is 6.42 Å². The van der Waals surface area contributed by atoms with Crippen LogP contribution in [-0.2, 0) is 6.42 Å². The molecule has 0 fully saturated rings. The van der Waals surface area contributed by atoms with Crippen molar-refractivity contribution in [3.8, 4) is 0 Å². The van der Waals surface area contributed by atoms with Crippen molar-refractivity contribution in [2.75, 3.05) is 0 Å². The molecule has 0 aliphatic carbocycles. The Labute approximate surface area is 100 Å². The summed E-state index contributed by atoms with van der Waals surface area (Å²) in [6, 6.07) is 8.15. The molecule has 0 aliphatic rings. The van der Waals surface area contributed by atoms with E-state index in [0.29, 0.717) is 24.6 Å². The smallest absolute Gasteiger partial charge is 0.231 e. The lowest BCUT2D eigenvalue weighted by atomic mass is 10.1. The predicted octanol–water partition coefficient (Wildman–Crippen LogP) is 2.41. The number of benzene rings is 1. The van der Waals surface area contributed by atoms with Gasteiger partial charge in [0.25, 0.3) is 0 Å². The topological polar surface area (TPSA) is 59.2 Å². The van der Waals surface area contributed by atoms with Gasteiger partial charge in [0.1, 0.15) is 6.10 Å². The Morgan fingerprint density at radius 3 is 2.94 bits per heavy atom. The molecule has 1 atom stereocenters. The molecule has 0 saturated carbocycles. The van der Waals surface area contributed by atoms with Gasteiger partial charge in [0.15, 0.2) is 5.82 Å². The van der Waals surface area contributed by atoms with E-state index in [-0.39, 0.29) is 0 Å². The quantitative estimate of drug-likeness (QED) is 0.879. The van der Waals surface area contributed by atoms with Gasteiger partial charge in [-0.1, -0.05) is 41.9 Å². The highest BCUT2D eigenvalue weighted by Gasteiger charge is 2.13. The molecule has 1 aromatic heterocycles. The molecule has 4 nitrogen and oxygen atoms in total. The first-order valence-electron chi connectivity index (χ1n) is 5.75. The molecule has 0 aliphatic heterocycles. The Bertz CT molecular complexity index is 494. The standard InChI is InChI=1S/C13H16N2O2/c1-3-11(16)13-14-12(17-15-13)8-10-6-4-5-9(2)7-10/h4-7,11,16H,3,8H2,1-2H3. The molecule has 90 valence electrons. The zero-order valence-electron chi connectivity index (χ0n) is 10.1. The van der Waals surface area contributed by atoms with Gasteiger partial charge in [0.2, 0.25) is 5.89 Å². The first kappa shape index (κ1) is 11.8. The van der Waals surface area contributed by atoms with Crippen molar-refractivity contribution in [2.24, 2.45) is 0 Å². The lowest BCUT2D eigenvalue weighted by molar-refractivity contribution is 0.159. The fourth-order valence-electron chi connectivity index (χ4n) is 1.65. The van der Waals surface area contributed by atoms with E-state index in [9.17, 15) is 5.11 Å². The monoisotopic (exact) mass is 232 g/mol. The highest BCUT2D eigenvalue weighted by molar-refractivity contribution is 5.24. The molecule has 17 heavy (non-hydrogen) atoms. The van der Waals surface area contributed by atoms with Crippen LogP contribution in [0.4, 0.5) is 0 Å². The second kappa shape index (κ2) is 5.10. The van der Waals surface area contributed by atoms with E-state index in [4.69, 9.17) is 4.52 Å². The second-order valence-corrected chi connectivity index (χ2v) is 4.14. The van der Waals surface area contributed by atoms with Crippen LogP contribution in [-0.4, -0.2) is 15.2 Å². The number of hydrogen-bond donors (Lipinski definition) is 1. The van der Waals surface area contributed by atoms with Gasteiger partial charge in [0, 0.05) is 0 Å². The first-order valence-corrected chi connectivity index (χ1v) is 5.75. The zero-order chi connectivity index (χ0) is 12.3. The fraction of sp³-hybridized carbons (Fsp3) is 0.385. The van der Waals surface area contributed by atoms with Crippen molar-refractivity contribution in [1.29, 1.82) is 0 Å². The fourth-order valence-corrected chi connectivity index (χ4v) is 1.65. The van der Waals surface area contributed by atoms with Crippen molar-refractivity contribution < 1.29 is 9.63 Å². The average molecular weight is 232 g/mol. The van der Waals surface area contributed by atoms with Crippen molar-refractivity contribution in [3.63, 3.8) is 0 Å². The van der Waals surface area contributed by atoms with Gasteiger partial charge in [-0.15, -0.1) is 0 Å². The van der Waals surface area contributed by atoms with Crippen LogP contribution >= 0.6 is 0 Å². The average Bonchev–Trinajstić information content (AvgIpc) is 2.76. The van der Waals surface area contributed by atoms with Crippen LogP contribution in [0.3, 0.4) is 0 Å². The molecule has 1 unspecified atom stereocenters. The number of nitrogens with zero attached hydrogens (tertiary/aromatic N) is 2. The minimum atomic E-state index is -0.634. The third-order valence-electron chi connectivity index (χ3n) is 2.61. The predicted molar refractivity (Wildman–Crippen MR) is 63.5 cm³/mol. The number of aliphatic hydroxyl groups is 1. The summed E-state index contributed by atoms with van der Waals surface area (Å²) in [4.78, 5) is 4.18. The van der Waals surface area contributed by atoms with Gasteiger partial charge in [-0.05, 0) is 18.9 Å². The summed E-state index contributed by atoms with van der Waals surface area (Å²) in [5.41, 5.74) is 2.34. The molecular formula is C13H16N2O2. The summed E-state index contributed by atoms with van der Waals surface area (Å²) < 4.78 is 5.11. The van der Waals surface area contributed by atoms with Crippen LogP contribution in [0, 0.1) is 6.92 Å². The Balaban J connectivity index is 2.11. The highest BCUT2D eigenvalue weighted by Crippen LogP contribution is 2.14. The van der Waals surface area contributed by atoms with Crippen LogP contribution < -0.4 is 0 Å². The second-order valence-electron chi connectivity index (χ2n) is 4.14. The van der Waals surface area contributed by atoms with Gasteiger partial charge >= 0.3 is 0 Å². The molecule has 0 radical (unpaired) electrons. The first-order chi connectivity index (χ1) is 8.19. The lowest BCUT2D eigenvalue weighted by Gasteiger charge is -1.99. The van der Waals surface area contributed by atoms with E-state index < -0.39 is 6.10 Å². The van der Waals surface area contributed by atoms with Crippen LogP contribution in [0.2, 0.25) is 0 Å². The molecule has 0 saturated heterocycles. The molecule has 0 amide bonds. The number of hydrogen-bond acceptors (Lipinski definition) is 4. The van der Waals surface area contributed by atoms with Crippen LogP contribution in [0.25, 0.3) is 0 Å². The minimum Gasteiger partial charge on any atom is -0.385 e. The van der Waals surface area contributed by atoms with Gasteiger partial charge in [-0.3, -0.25) is 0 Å². The third-order valence-corrected chi connectivity index (χ3v) is 2.61. The Morgan fingerprint density at radius 1 is 1.41 bits per heavy atom. The normalized spacial score (nSPS) is 12.6. The van der Waals surface area contributed by atoms with E-state index in [1.165, 1.54) is 5.56 Å². The van der Waals surface area contributed by atoms with Crippen molar-refractivity contribution in [2.45, 2.75) is 32.8 Å². The summed E-state index contributed by atoms with van der Waals surface area (Å²) in [6.45, 7) is 3.92. The van der Waals surface area contributed by atoms with E-state index in [1.807, 2.05) is 32.0 Å². The molecule has 0 bridgehead atoms. The maximum absolute atomic E-state index is 9.57. The largest absolute Gasteiger partial charge is 0.385 e. The Kier molecular flexibility index (Phi) is 3.54. The SMILES string of the molecule is CCC(O)c1noc(Cc2cccc(C)c2)n1. The zero-order valence-corrected chi connectivity index (χ0v) is 10.1. The minimum absolute atomic E-state index is 0.371. The molecule has 2 rings (SSSR count). The van der Waals surface area contributed by atoms with E-state index in [2.05, 4.69) is 16.2 Å². The third kappa shape index (κ3) is 2.91. The molecule has 4 heteroatoms. The van der Waals surface area contributed by atoms with E-state index in [0.717, 1.165) is 5.56 Å². The number of aromatic nitrogens is 2. The van der Waals surface area contributed by atoms with Crippen LogP contribution in [0.15, 0.2) is 28.8 Å². The number of aryl methyl sites for hydroxylation is 1. The Morgan fingerprint density at radius 2 is 2.24 bits per heavy atom. The van der Waals surface area contributed by atoms with Gasteiger partial charge in [-0.2, -0.15) is 4.98 Å². The van der Waals surface area contributed by atoms with Crippen molar-refractivity contribution in [1.82, 2.24) is 10.1 Å². The number of aliphatic hydroxyl groups excluding tert-OH is 1. The molecule has 1 heterocycles. The van der Waals surface area contributed by atoms with Crippen LogP contribution in [0.1, 0.15) is 42.3 Å². The van der Waals surface area contributed by atoms with E-state index in [1.54, 1.807) is 0 Å². The summed E-state index contributed by atoms with van der Waals surface area (Å²) in [7, 11) is 0. The maximum atomic E-state index is 9.57. The van der Waals surface area contributed by atoms with Gasteiger partial charge < -0.3 is 9.63 Å². The summed E-state index contributed by atoms with van der Waals surface area (Å²) >= 11 is 0. The lowest BCUT2D eigenvalue weighted by Crippen LogP contribution is -1.98. The van der Waals surface area contributed by atoms with E-state index >= 15 is 0 Å². The Hall–Kier alpha value is -1.68. The summed E-state index contributed by atoms with van der Waals surface area (Å²) in [5.74, 6) is 0.910. The molecule has 1 aromatic carbocycles. The highest BCUT2D eigenvalue weighted by atomic mass is 16.5. The summed E-state index contributed by atoms with van der Waals surface area (Å²) in [6.07, 6.45) is 0.555. The van der Waals surface area contributed by atoms with Crippen LogP contribution in [0.5, 0.6) is 0 Å². The van der Waals surface area contributed by atoms with Crippen molar-refractivity contribution in [3.05, 3.63) is 47.1 Å².